The van der Waals surface area contributed by atoms with Gasteiger partial charge in [-0.2, -0.15) is 5.26 Å². The first kappa shape index (κ1) is 14.2. The molecule has 0 bridgehead atoms. The minimum atomic E-state index is -0.0532. The monoisotopic (exact) mass is 245 g/mol. The molecule has 0 saturated carbocycles. The fourth-order valence-corrected chi connectivity index (χ4v) is 1.57. The molecule has 1 atom stereocenters. The normalized spacial score (nSPS) is 11.6. The van der Waals surface area contributed by atoms with E-state index in [9.17, 15) is 4.79 Å². The third kappa shape index (κ3) is 4.96. The second-order valence-corrected chi connectivity index (χ2v) is 4.49. The van der Waals surface area contributed by atoms with Crippen molar-refractivity contribution in [2.45, 2.75) is 26.2 Å². The average molecular weight is 245 g/mol. The quantitative estimate of drug-likeness (QED) is 0.770. The van der Waals surface area contributed by atoms with Crippen LogP contribution in [-0.4, -0.2) is 29.4 Å². The molecule has 0 saturated heterocycles. The van der Waals surface area contributed by atoms with Gasteiger partial charge >= 0.3 is 0 Å². The number of nitriles is 1. The van der Waals surface area contributed by atoms with E-state index in [1.165, 1.54) is 5.56 Å². The van der Waals surface area contributed by atoms with Crippen LogP contribution < -0.4 is 0 Å². The fraction of sp³-hybridized carbons (Fsp3) is 0.500. The van der Waals surface area contributed by atoms with Crippen molar-refractivity contribution in [1.29, 1.82) is 5.26 Å². The maximum Gasteiger partial charge on any atom is 0.222 e. The number of rotatable bonds is 6. The van der Waals surface area contributed by atoms with Crippen molar-refractivity contribution in [3.63, 3.8) is 0 Å². The number of carbonyl (C=O) groups excluding carboxylic acids is 1. The van der Waals surface area contributed by atoms with E-state index in [1.54, 1.807) is 24.3 Å². The molecule has 96 valence electrons. The smallest absolute Gasteiger partial charge is 0.222 e. The van der Waals surface area contributed by atoms with Gasteiger partial charge in [0.15, 0.2) is 0 Å². The Morgan fingerprint density at radius 1 is 1.50 bits per heavy atom. The van der Waals surface area contributed by atoms with Crippen LogP contribution in [-0.2, 0) is 11.2 Å². The van der Waals surface area contributed by atoms with Gasteiger partial charge in [-0.25, -0.2) is 0 Å². The number of nitrogens with zero attached hydrogens (tertiary/aromatic N) is 3. The van der Waals surface area contributed by atoms with Gasteiger partial charge in [-0.15, -0.1) is 0 Å². The number of hydrogen-bond acceptors (Lipinski definition) is 3. The Morgan fingerprint density at radius 2 is 2.17 bits per heavy atom. The Morgan fingerprint density at radius 3 is 2.78 bits per heavy atom. The summed E-state index contributed by atoms with van der Waals surface area (Å²) in [6, 6.07) is 6.05. The predicted molar refractivity (Wildman–Crippen MR) is 69.6 cm³/mol. The zero-order valence-electron chi connectivity index (χ0n) is 11.0. The lowest BCUT2D eigenvalue weighted by Crippen LogP contribution is -2.28. The van der Waals surface area contributed by atoms with E-state index in [4.69, 9.17) is 5.26 Å². The van der Waals surface area contributed by atoms with E-state index >= 15 is 0 Å². The second kappa shape index (κ2) is 7.44. The lowest BCUT2D eigenvalue weighted by molar-refractivity contribution is -0.130. The molecule has 0 fully saturated rings. The number of aromatic nitrogens is 1. The van der Waals surface area contributed by atoms with Crippen LogP contribution in [0.2, 0.25) is 0 Å². The zero-order valence-corrected chi connectivity index (χ0v) is 11.0. The highest BCUT2D eigenvalue weighted by Gasteiger charge is 2.10. The molecule has 1 rings (SSSR count). The zero-order chi connectivity index (χ0) is 13.4. The van der Waals surface area contributed by atoms with Crippen molar-refractivity contribution >= 4 is 5.91 Å². The first-order valence-corrected chi connectivity index (χ1v) is 6.16. The molecular weight excluding hydrogens is 226 g/mol. The topological polar surface area (TPSA) is 57.0 Å². The molecule has 1 unspecified atom stereocenters. The molecule has 0 radical (unpaired) electrons. The largest absolute Gasteiger partial charge is 0.345 e. The molecule has 0 aliphatic rings. The number of hydrogen-bond donors (Lipinski definition) is 0. The van der Waals surface area contributed by atoms with E-state index in [0.717, 1.165) is 6.42 Å². The summed E-state index contributed by atoms with van der Waals surface area (Å²) in [6.45, 7) is 2.54. The van der Waals surface area contributed by atoms with Gasteiger partial charge in [0.25, 0.3) is 0 Å². The Hall–Kier alpha value is -1.89. The third-order valence-corrected chi connectivity index (χ3v) is 2.92. The lowest BCUT2D eigenvalue weighted by Gasteiger charge is -2.17. The summed E-state index contributed by atoms with van der Waals surface area (Å²) in [5.41, 5.74) is 1.18. The van der Waals surface area contributed by atoms with Gasteiger partial charge in [0.05, 0.1) is 6.07 Å². The summed E-state index contributed by atoms with van der Waals surface area (Å²) in [6.07, 6.45) is 5.42. The van der Waals surface area contributed by atoms with Gasteiger partial charge in [-0.05, 0) is 37.5 Å². The van der Waals surface area contributed by atoms with Gasteiger partial charge in [0.2, 0.25) is 5.91 Å². The van der Waals surface area contributed by atoms with Gasteiger partial charge in [0, 0.05) is 38.3 Å². The van der Waals surface area contributed by atoms with Crippen LogP contribution in [0.1, 0.15) is 25.3 Å². The summed E-state index contributed by atoms with van der Waals surface area (Å²) >= 11 is 0. The third-order valence-electron chi connectivity index (χ3n) is 2.92. The predicted octanol–water partition coefficient (Wildman–Crippen LogP) is 2.02. The second-order valence-electron chi connectivity index (χ2n) is 4.49. The van der Waals surface area contributed by atoms with Crippen LogP contribution in [0, 0.1) is 17.2 Å². The number of likely N-dealkylation sites (N-methyl/N-ethyl adjacent to an activating group) is 1. The molecule has 0 spiro atoms. The van der Waals surface area contributed by atoms with Crippen LogP contribution >= 0.6 is 0 Å². The van der Waals surface area contributed by atoms with Crippen molar-refractivity contribution in [3.05, 3.63) is 30.1 Å². The first-order chi connectivity index (χ1) is 8.63. The number of pyridine rings is 1. The minimum absolute atomic E-state index is 0.0532. The van der Waals surface area contributed by atoms with Crippen molar-refractivity contribution in [1.82, 2.24) is 9.88 Å². The summed E-state index contributed by atoms with van der Waals surface area (Å²) in [5.74, 6) is 0.0497. The maximum atomic E-state index is 11.8. The Balaban J connectivity index is 2.30. The van der Waals surface area contributed by atoms with Gasteiger partial charge in [-0.3, -0.25) is 9.78 Å². The molecule has 1 aromatic rings. The fourth-order valence-electron chi connectivity index (χ4n) is 1.57. The molecule has 4 heteroatoms. The van der Waals surface area contributed by atoms with E-state index < -0.39 is 0 Å². The minimum Gasteiger partial charge on any atom is -0.345 e. The molecule has 18 heavy (non-hydrogen) atoms. The van der Waals surface area contributed by atoms with Crippen molar-refractivity contribution in [3.8, 4) is 6.07 Å². The van der Waals surface area contributed by atoms with Gasteiger partial charge in [0.1, 0.15) is 0 Å². The molecule has 0 aliphatic carbocycles. The average Bonchev–Trinajstić information content (AvgIpc) is 2.42. The van der Waals surface area contributed by atoms with Crippen molar-refractivity contribution in [2.24, 2.45) is 5.92 Å². The van der Waals surface area contributed by atoms with E-state index in [1.807, 2.05) is 19.1 Å². The summed E-state index contributed by atoms with van der Waals surface area (Å²) in [5, 5.41) is 8.66. The van der Waals surface area contributed by atoms with Crippen LogP contribution in [0.4, 0.5) is 0 Å². The Bertz CT molecular complexity index is 411. The highest BCUT2D eigenvalue weighted by Crippen LogP contribution is 2.06. The maximum absolute atomic E-state index is 11.8. The van der Waals surface area contributed by atoms with Crippen LogP contribution in [0.25, 0.3) is 0 Å². The lowest BCUT2D eigenvalue weighted by atomic mass is 10.1. The van der Waals surface area contributed by atoms with Crippen LogP contribution in [0.3, 0.4) is 0 Å². The van der Waals surface area contributed by atoms with Crippen LogP contribution in [0.15, 0.2) is 24.5 Å². The highest BCUT2D eigenvalue weighted by molar-refractivity contribution is 5.75. The summed E-state index contributed by atoms with van der Waals surface area (Å²) < 4.78 is 0. The van der Waals surface area contributed by atoms with Crippen molar-refractivity contribution < 1.29 is 4.79 Å². The molecule has 1 heterocycles. The molecule has 0 aliphatic heterocycles. The summed E-state index contributed by atoms with van der Waals surface area (Å²) in [4.78, 5) is 17.5. The molecule has 4 nitrogen and oxygen atoms in total. The summed E-state index contributed by atoms with van der Waals surface area (Å²) in [7, 11) is 1.81. The number of carbonyl (C=O) groups is 1. The Kier molecular flexibility index (Phi) is 5.86. The van der Waals surface area contributed by atoms with Crippen LogP contribution in [0.5, 0.6) is 0 Å². The molecular formula is C14H19N3O. The van der Waals surface area contributed by atoms with Crippen molar-refractivity contribution in [2.75, 3.05) is 13.6 Å². The molecule has 0 N–H and O–H groups in total. The van der Waals surface area contributed by atoms with Gasteiger partial charge < -0.3 is 4.90 Å². The molecule has 1 amide bonds. The first-order valence-electron chi connectivity index (χ1n) is 6.16. The Labute approximate surface area is 108 Å². The van der Waals surface area contributed by atoms with E-state index in [2.05, 4.69) is 11.1 Å². The highest BCUT2D eigenvalue weighted by atomic mass is 16.2. The standard InChI is InChI=1S/C14H19N3O/c1-12(11-15)3-4-14(18)17(2)10-7-13-5-8-16-9-6-13/h5-6,8-9,12H,3-4,7,10H2,1-2H3. The number of amides is 1. The molecule has 0 aromatic carbocycles. The SMILES string of the molecule is CC(C#N)CCC(=O)N(C)CCc1ccncc1. The molecule has 1 aromatic heterocycles. The van der Waals surface area contributed by atoms with E-state index in [-0.39, 0.29) is 11.8 Å². The van der Waals surface area contributed by atoms with E-state index in [0.29, 0.717) is 19.4 Å². The van der Waals surface area contributed by atoms with Gasteiger partial charge in [-0.1, -0.05) is 0 Å².